The van der Waals surface area contributed by atoms with Gasteiger partial charge in [-0.1, -0.05) is 18.2 Å². The van der Waals surface area contributed by atoms with E-state index < -0.39 is 0 Å². The molecule has 126 valence electrons. The van der Waals surface area contributed by atoms with E-state index in [2.05, 4.69) is 20.9 Å². The van der Waals surface area contributed by atoms with E-state index in [1.54, 1.807) is 19.4 Å². The number of benzene rings is 1. The Bertz CT molecular complexity index is 682. The van der Waals surface area contributed by atoms with Crippen LogP contribution in [0.25, 0.3) is 0 Å². The van der Waals surface area contributed by atoms with Crippen LogP contribution in [0, 0.1) is 0 Å². The molecule has 1 aromatic carbocycles. The summed E-state index contributed by atoms with van der Waals surface area (Å²) in [6, 6.07) is 13.4. The van der Waals surface area contributed by atoms with E-state index in [-0.39, 0.29) is 11.8 Å². The van der Waals surface area contributed by atoms with Crippen LogP contribution in [0.3, 0.4) is 0 Å². The maximum atomic E-state index is 12.6. The van der Waals surface area contributed by atoms with Crippen LogP contribution in [0.1, 0.15) is 17.4 Å². The van der Waals surface area contributed by atoms with Gasteiger partial charge < -0.3 is 9.64 Å². The Morgan fingerprint density at radius 2 is 1.79 bits per heavy atom. The van der Waals surface area contributed by atoms with E-state index >= 15 is 0 Å². The highest BCUT2D eigenvalue weighted by atomic mass is 16.5. The summed E-state index contributed by atoms with van der Waals surface area (Å²) >= 11 is 0. The first-order chi connectivity index (χ1) is 11.7. The molecule has 0 saturated carbocycles. The van der Waals surface area contributed by atoms with Crippen LogP contribution in [0.2, 0.25) is 0 Å². The van der Waals surface area contributed by atoms with Gasteiger partial charge >= 0.3 is 0 Å². The number of aromatic nitrogens is 1. The lowest BCUT2D eigenvalue weighted by atomic mass is 10.1. The number of ether oxygens (including phenoxy) is 1. The van der Waals surface area contributed by atoms with Crippen molar-refractivity contribution in [1.29, 1.82) is 0 Å². The number of anilines is 1. The number of nitrogens with zero attached hydrogens (tertiary/aromatic N) is 3. The van der Waals surface area contributed by atoms with Crippen LogP contribution >= 0.6 is 0 Å². The van der Waals surface area contributed by atoms with Gasteiger partial charge in [-0.05, 0) is 31.2 Å². The maximum Gasteiger partial charge on any atom is 0.197 e. The molecule has 0 radical (unpaired) electrons. The third kappa shape index (κ3) is 3.41. The smallest absolute Gasteiger partial charge is 0.197 e. The largest absolute Gasteiger partial charge is 0.495 e. The molecule has 1 fully saturated rings. The molecule has 0 amide bonds. The fourth-order valence-corrected chi connectivity index (χ4v) is 3.13. The van der Waals surface area contributed by atoms with Gasteiger partial charge in [0.05, 0.1) is 18.8 Å². The molecule has 24 heavy (non-hydrogen) atoms. The molecular weight excluding hydrogens is 302 g/mol. The first-order valence-electron chi connectivity index (χ1n) is 8.28. The molecule has 5 heteroatoms. The predicted octanol–water partition coefficient (Wildman–Crippen LogP) is 2.48. The first kappa shape index (κ1) is 16.5. The Morgan fingerprint density at radius 1 is 1.08 bits per heavy atom. The molecule has 1 atom stereocenters. The number of carbonyl (C=O) groups excluding carboxylic acids is 1. The standard InChI is InChI=1S/C19H23N3O2/c1-15(19(23)16-7-5-6-10-20-16)21-11-13-22(14-12-21)17-8-3-4-9-18(17)24-2/h3-10,15H,11-14H2,1-2H3. The summed E-state index contributed by atoms with van der Waals surface area (Å²) in [5, 5.41) is 0. The van der Waals surface area contributed by atoms with E-state index in [1.807, 2.05) is 37.3 Å². The molecule has 0 bridgehead atoms. The molecule has 0 N–H and O–H groups in total. The van der Waals surface area contributed by atoms with E-state index in [4.69, 9.17) is 4.74 Å². The van der Waals surface area contributed by atoms with E-state index in [0.717, 1.165) is 37.6 Å². The van der Waals surface area contributed by atoms with Crippen LogP contribution in [0.15, 0.2) is 48.7 Å². The number of piperazine rings is 1. The molecule has 3 rings (SSSR count). The van der Waals surface area contributed by atoms with Gasteiger partial charge in [0.25, 0.3) is 0 Å². The number of pyridine rings is 1. The van der Waals surface area contributed by atoms with E-state index in [0.29, 0.717) is 5.69 Å². The minimum atomic E-state index is -0.153. The zero-order valence-electron chi connectivity index (χ0n) is 14.2. The SMILES string of the molecule is COc1ccccc1N1CCN(C(C)C(=O)c2ccccn2)CC1. The lowest BCUT2D eigenvalue weighted by molar-refractivity contribution is 0.0824. The van der Waals surface area contributed by atoms with Crippen LogP contribution in [0.5, 0.6) is 5.75 Å². The summed E-state index contributed by atoms with van der Waals surface area (Å²) in [4.78, 5) is 21.3. The van der Waals surface area contributed by atoms with Crippen molar-refractivity contribution in [1.82, 2.24) is 9.88 Å². The molecule has 0 aliphatic carbocycles. The van der Waals surface area contributed by atoms with Crippen molar-refractivity contribution in [2.75, 3.05) is 38.2 Å². The third-order valence-electron chi connectivity index (χ3n) is 4.58. The Balaban J connectivity index is 1.63. The van der Waals surface area contributed by atoms with Gasteiger partial charge in [0.1, 0.15) is 11.4 Å². The fraction of sp³-hybridized carbons (Fsp3) is 0.368. The highest BCUT2D eigenvalue weighted by Crippen LogP contribution is 2.28. The van der Waals surface area contributed by atoms with Crippen molar-refractivity contribution in [3.8, 4) is 5.75 Å². The second-order valence-electron chi connectivity index (χ2n) is 5.95. The lowest BCUT2D eigenvalue weighted by Crippen LogP contribution is -2.52. The van der Waals surface area contributed by atoms with Gasteiger partial charge in [-0.2, -0.15) is 0 Å². The summed E-state index contributed by atoms with van der Waals surface area (Å²) in [5.41, 5.74) is 1.65. The van der Waals surface area contributed by atoms with Gasteiger partial charge in [-0.15, -0.1) is 0 Å². The van der Waals surface area contributed by atoms with E-state index in [9.17, 15) is 4.79 Å². The molecular formula is C19H23N3O2. The number of methoxy groups -OCH3 is 1. The predicted molar refractivity (Wildman–Crippen MR) is 94.8 cm³/mol. The zero-order valence-corrected chi connectivity index (χ0v) is 14.2. The molecule has 5 nitrogen and oxygen atoms in total. The van der Waals surface area contributed by atoms with Gasteiger partial charge in [-0.25, -0.2) is 0 Å². The van der Waals surface area contributed by atoms with Crippen LogP contribution < -0.4 is 9.64 Å². The number of Topliss-reactive ketones (excluding diaryl/α,β-unsaturated/α-hetero) is 1. The number of para-hydroxylation sites is 2. The van der Waals surface area contributed by atoms with Crippen molar-refractivity contribution in [2.45, 2.75) is 13.0 Å². The summed E-state index contributed by atoms with van der Waals surface area (Å²) < 4.78 is 5.45. The third-order valence-corrected chi connectivity index (χ3v) is 4.58. The Hall–Kier alpha value is -2.40. The lowest BCUT2D eigenvalue weighted by Gasteiger charge is -2.38. The minimum absolute atomic E-state index is 0.0846. The minimum Gasteiger partial charge on any atom is -0.495 e. The summed E-state index contributed by atoms with van der Waals surface area (Å²) in [6.45, 7) is 5.41. The van der Waals surface area contributed by atoms with Crippen molar-refractivity contribution in [2.24, 2.45) is 0 Å². The molecule has 1 unspecified atom stereocenters. The summed E-state index contributed by atoms with van der Waals surface area (Å²) in [7, 11) is 1.70. The van der Waals surface area contributed by atoms with Gasteiger partial charge in [0, 0.05) is 32.4 Å². The molecule has 2 heterocycles. The second-order valence-corrected chi connectivity index (χ2v) is 5.95. The van der Waals surface area contributed by atoms with E-state index in [1.165, 1.54) is 0 Å². The van der Waals surface area contributed by atoms with Crippen LogP contribution in [-0.4, -0.2) is 55.0 Å². The highest BCUT2D eigenvalue weighted by molar-refractivity contribution is 5.98. The molecule has 1 aliphatic heterocycles. The maximum absolute atomic E-state index is 12.6. The van der Waals surface area contributed by atoms with Crippen LogP contribution in [-0.2, 0) is 0 Å². The summed E-state index contributed by atoms with van der Waals surface area (Å²) in [5.74, 6) is 0.977. The molecule has 0 spiro atoms. The van der Waals surface area contributed by atoms with Crippen molar-refractivity contribution >= 4 is 11.5 Å². The quantitative estimate of drug-likeness (QED) is 0.790. The number of hydrogen-bond donors (Lipinski definition) is 0. The van der Waals surface area contributed by atoms with Crippen LogP contribution in [0.4, 0.5) is 5.69 Å². The average molecular weight is 325 g/mol. The van der Waals surface area contributed by atoms with Gasteiger partial charge in [-0.3, -0.25) is 14.7 Å². The number of hydrogen-bond acceptors (Lipinski definition) is 5. The Morgan fingerprint density at radius 3 is 2.46 bits per heavy atom. The number of rotatable bonds is 5. The molecule has 1 aliphatic rings. The zero-order chi connectivity index (χ0) is 16.9. The van der Waals surface area contributed by atoms with Crippen molar-refractivity contribution < 1.29 is 9.53 Å². The second kappa shape index (κ2) is 7.45. The average Bonchev–Trinajstić information content (AvgIpc) is 2.67. The fourth-order valence-electron chi connectivity index (χ4n) is 3.13. The van der Waals surface area contributed by atoms with Gasteiger partial charge in [0.15, 0.2) is 5.78 Å². The first-order valence-corrected chi connectivity index (χ1v) is 8.28. The molecule has 1 saturated heterocycles. The number of carbonyl (C=O) groups is 1. The summed E-state index contributed by atoms with van der Waals surface area (Å²) in [6.07, 6.45) is 1.67. The number of ketones is 1. The Labute approximate surface area is 142 Å². The Kier molecular flexibility index (Phi) is 5.11. The topological polar surface area (TPSA) is 45.7 Å². The molecule has 2 aromatic rings. The molecule has 1 aromatic heterocycles. The normalized spacial score (nSPS) is 16.7. The monoisotopic (exact) mass is 325 g/mol. The van der Waals surface area contributed by atoms with Crippen molar-refractivity contribution in [3.05, 3.63) is 54.4 Å². The van der Waals surface area contributed by atoms with Gasteiger partial charge in [0.2, 0.25) is 0 Å². The van der Waals surface area contributed by atoms with Crippen molar-refractivity contribution in [3.63, 3.8) is 0 Å². The highest BCUT2D eigenvalue weighted by Gasteiger charge is 2.27.